The molecule has 3 aromatic carbocycles. The number of nitrogens with zero attached hydrogens (tertiary/aromatic N) is 1. The highest BCUT2D eigenvalue weighted by Crippen LogP contribution is 2.31. The Morgan fingerprint density at radius 1 is 0.741 bits per heavy atom. The molecule has 0 fully saturated rings. The average molecular weight is 418 g/mol. The summed E-state index contributed by atoms with van der Waals surface area (Å²) in [5.41, 5.74) is 7.42. The molecule has 27 heavy (non-hydrogen) atoms. The third-order valence-electron chi connectivity index (χ3n) is 4.63. The predicted octanol–water partition coefficient (Wildman–Crippen LogP) is 7.29. The van der Waals surface area contributed by atoms with E-state index >= 15 is 0 Å². The van der Waals surface area contributed by atoms with E-state index in [4.69, 9.17) is 0 Å². The van der Waals surface area contributed by atoms with Crippen molar-refractivity contribution in [3.8, 4) is 33.5 Å². The number of hydrogen-bond acceptors (Lipinski definition) is 1. The predicted molar refractivity (Wildman–Crippen MR) is 113 cm³/mol. The number of hydrogen-bond donors (Lipinski definition) is 0. The molecule has 0 N–H and O–H groups in total. The van der Waals surface area contributed by atoms with Crippen molar-refractivity contribution in [3.63, 3.8) is 0 Å². The zero-order valence-electron chi connectivity index (χ0n) is 14.8. The normalized spacial score (nSPS) is 10.8. The van der Waals surface area contributed by atoms with Gasteiger partial charge in [0.1, 0.15) is 5.82 Å². The molecule has 0 aliphatic rings. The molecule has 1 nitrogen and oxygen atoms in total. The number of rotatable bonds is 3. The molecular formula is C24H17BrFN. The van der Waals surface area contributed by atoms with Crippen LogP contribution in [0.4, 0.5) is 4.39 Å². The summed E-state index contributed by atoms with van der Waals surface area (Å²) in [5.74, 6) is -0.230. The van der Waals surface area contributed by atoms with E-state index in [0.29, 0.717) is 0 Å². The Bertz CT molecular complexity index is 1090. The molecule has 0 spiro atoms. The van der Waals surface area contributed by atoms with Gasteiger partial charge in [-0.25, -0.2) is 4.39 Å². The minimum Gasteiger partial charge on any atom is -0.256 e. The second-order valence-electron chi connectivity index (χ2n) is 6.45. The summed E-state index contributed by atoms with van der Waals surface area (Å²) >= 11 is 3.60. The fraction of sp³-hybridized carbons (Fsp3) is 0.0417. The fourth-order valence-electron chi connectivity index (χ4n) is 3.16. The van der Waals surface area contributed by atoms with Gasteiger partial charge in [0.05, 0.1) is 5.69 Å². The lowest BCUT2D eigenvalue weighted by atomic mass is 9.99. The van der Waals surface area contributed by atoms with Crippen molar-refractivity contribution in [2.75, 3.05) is 0 Å². The maximum Gasteiger partial charge on any atom is 0.123 e. The van der Waals surface area contributed by atoms with E-state index in [1.807, 2.05) is 24.4 Å². The molecule has 0 radical (unpaired) electrons. The van der Waals surface area contributed by atoms with Crippen LogP contribution in [-0.4, -0.2) is 4.98 Å². The van der Waals surface area contributed by atoms with Crippen LogP contribution in [0.3, 0.4) is 0 Å². The average Bonchev–Trinajstić information content (AvgIpc) is 2.69. The molecule has 1 aromatic heterocycles. The summed E-state index contributed by atoms with van der Waals surface area (Å²) in [6.07, 6.45) is 1.86. The van der Waals surface area contributed by atoms with E-state index in [-0.39, 0.29) is 5.82 Å². The smallest absolute Gasteiger partial charge is 0.123 e. The molecule has 0 bridgehead atoms. The monoisotopic (exact) mass is 417 g/mol. The van der Waals surface area contributed by atoms with Gasteiger partial charge < -0.3 is 0 Å². The van der Waals surface area contributed by atoms with Crippen LogP contribution >= 0.6 is 15.9 Å². The SMILES string of the molecule is Cc1cc(-c2ccc(-c3ccccc3Br)cc2)ncc1-c1ccc(F)cc1. The van der Waals surface area contributed by atoms with Gasteiger partial charge in [0, 0.05) is 21.8 Å². The molecular weight excluding hydrogens is 401 g/mol. The maximum atomic E-state index is 13.2. The third kappa shape index (κ3) is 3.69. The number of benzene rings is 3. The highest BCUT2D eigenvalue weighted by atomic mass is 79.9. The van der Waals surface area contributed by atoms with Crippen LogP contribution in [0, 0.1) is 12.7 Å². The third-order valence-corrected chi connectivity index (χ3v) is 5.32. The van der Waals surface area contributed by atoms with Crippen LogP contribution in [0.2, 0.25) is 0 Å². The Morgan fingerprint density at radius 3 is 2.00 bits per heavy atom. The Hall–Kier alpha value is -2.78. The number of pyridine rings is 1. The van der Waals surface area contributed by atoms with Crippen molar-refractivity contribution in [1.29, 1.82) is 0 Å². The highest BCUT2D eigenvalue weighted by Gasteiger charge is 2.08. The lowest BCUT2D eigenvalue weighted by molar-refractivity contribution is 0.628. The molecule has 0 amide bonds. The van der Waals surface area contributed by atoms with E-state index in [2.05, 4.69) is 64.2 Å². The summed E-state index contributed by atoms with van der Waals surface area (Å²) in [5, 5.41) is 0. The van der Waals surface area contributed by atoms with Gasteiger partial charge in [-0.05, 0) is 53.4 Å². The zero-order valence-corrected chi connectivity index (χ0v) is 16.4. The van der Waals surface area contributed by atoms with Crippen LogP contribution in [0.5, 0.6) is 0 Å². The molecule has 4 rings (SSSR count). The van der Waals surface area contributed by atoms with Crippen molar-refractivity contribution < 1.29 is 4.39 Å². The van der Waals surface area contributed by atoms with Gasteiger partial charge in [-0.15, -0.1) is 0 Å². The van der Waals surface area contributed by atoms with Crippen LogP contribution in [0.15, 0.2) is 89.5 Å². The Balaban J connectivity index is 1.65. The standard InChI is InChI=1S/C24H17BrFN/c1-16-14-24(27-15-22(16)18-10-12-20(26)13-11-18)19-8-6-17(7-9-19)21-4-2-3-5-23(21)25/h2-15H,1H3. The second kappa shape index (κ2) is 7.45. The van der Waals surface area contributed by atoms with Gasteiger partial charge >= 0.3 is 0 Å². The summed E-state index contributed by atoms with van der Waals surface area (Å²) in [6.45, 7) is 2.05. The summed E-state index contributed by atoms with van der Waals surface area (Å²) < 4.78 is 14.2. The minimum absolute atomic E-state index is 0.230. The van der Waals surface area contributed by atoms with Crippen LogP contribution in [-0.2, 0) is 0 Å². The Labute approximate surface area is 166 Å². The molecule has 0 saturated heterocycles. The molecule has 0 aliphatic heterocycles. The van der Waals surface area contributed by atoms with Crippen molar-refractivity contribution in [3.05, 3.63) is 101 Å². The van der Waals surface area contributed by atoms with Crippen LogP contribution in [0.1, 0.15) is 5.56 Å². The summed E-state index contributed by atoms with van der Waals surface area (Å²) in [6, 6.07) is 25.2. The fourth-order valence-corrected chi connectivity index (χ4v) is 3.68. The molecule has 0 aliphatic carbocycles. The minimum atomic E-state index is -0.230. The molecule has 4 aromatic rings. The molecule has 0 atom stereocenters. The van der Waals surface area contributed by atoms with Gasteiger partial charge in [0.15, 0.2) is 0 Å². The second-order valence-corrected chi connectivity index (χ2v) is 7.30. The van der Waals surface area contributed by atoms with E-state index in [1.54, 1.807) is 12.1 Å². The Kier molecular flexibility index (Phi) is 4.87. The molecule has 0 saturated carbocycles. The van der Waals surface area contributed by atoms with E-state index in [0.717, 1.165) is 38.0 Å². The lowest BCUT2D eigenvalue weighted by Crippen LogP contribution is -1.90. The van der Waals surface area contributed by atoms with Gasteiger partial charge in [0.25, 0.3) is 0 Å². The van der Waals surface area contributed by atoms with Gasteiger partial charge in [0.2, 0.25) is 0 Å². The molecule has 0 unspecified atom stereocenters. The zero-order chi connectivity index (χ0) is 18.8. The van der Waals surface area contributed by atoms with Crippen LogP contribution in [0.25, 0.3) is 33.5 Å². The quantitative estimate of drug-likeness (QED) is 0.340. The first kappa shape index (κ1) is 17.6. The number of halogens is 2. The number of aryl methyl sites for hydroxylation is 1. The van der Waals surface area contributed by atoms with Crippen molar-refractivity contribution in [2.45, 2.75) is 6.92 Å². The van der Waals surface area contributed by atoms with E-state index < -0.39 is 0 Å². The van der Waals surface area contributed by atoms with Crippen molar-refractivity contribution >= 4 is 15.9 Å². The van der Waals surface area contributed by atoms with E-state index in [9.17, 15) is 4.39 Å². The highest BCUT2D eigenvalue weighted by molar-refractivity contribution is 9.10. The van der Waals surface area contributed by atoms with Gasteiger partial charge in [-0.1, -0.05) is 70.5 Å². The van der Waals surface area contributed by atoms with Crippen molar-refractivity contribution in [1.82, 2.24) is 4.98 Å². The first-order valence-corrected chi connectivity index (χ1v) is 9.49. The summed E-state index contributed by atoms with van der Waals surface area (Å²) in [4.78, 5) is 4.63. The Morgan fingerprint density at radius 2 is 1.33 bits per heavy atom. The van der Waals surface area contributed by atoms with Gasteiger partial charge in [-0.3, -0.25) is 4.98 Å². The van der Waals surface area contributed by atoms with E-state index in [1.165, 1.54) is 17.7 Å². The molecule has 3 heteroatoms. The number of aromatic nitrogens is 1. The van der Waals surface area contributed by atoms with Crippen molar-refractivity contribution in [2.24, 2.45) is 0 Å². The topological polar surface area (TPSA) is 12.9 Å². The first-order valence-electron chi connectivity index (χ1n) is 8.70. The largest absolute Gasteiger partial charge is 0.256 e. The first-order chi connectivity index (χ1) is 13.1. The maximum absolute atomic E-state index is 13.2. The molecule has 1 heterocycles. The van der Waals surface area contributed by atoms with Crippen LogP contribution < -0.4 is 0 Å². The lowest BCUT2D eigenvalue weighted by Gasteiger charge is -2.10. The van der Waals surface area contributed by atoms with Gasteiger partial charge in [-0.2, -0.15) is 0 Å². The molecule has 132 valence electrons. The summed E-state index contributed by atoms with van der Waals surface area (Å²) in [7, 11) is 0.